The van der Waals surface area contributed by atoms with E-state index in [9.17, 15) is 14.4 Å². The highest BCUT2D eigenvalue weighted by Gasteiger charge is 2.11. The van der Waals surface area contributed by atoms with Gasteiger partial charge in [-0.25, -0.2) is 4.79 Å². The van der Waals surface area contributed by atoms with Gasteiger partial charge in [0.05, 0.1) is 6.61 Å². The predicted octanol–water partition coefficient (Wildman–Crippen LogP) is 1.37. The first-order valence-electron chi connectivity index (χ1n) is 5.03. The number of hydrogen-bond donors (Lipinski definition) is 0. The first-order valence-corrected chi connectivity index (χ1v) is 5.03. The maximum atomic E-state index is 11.1. The Balaban J connectivity index is 3.70. The lowest BCUT2D eigenvalue weighted by molar-refractivity contribution is -0.156. The fourth-order valence-corrected chi connectivity index (χ4v) is 0.852. The molecule has 0 N–H and O–H groups in total. The van der Waals surface area contributed by atoms with Crippen molar-refractivity contribution in [3.05, 3.63) is 12.2 Å². The summed E-state index contributed by atoms with van der Waals surface area (Å²) >= 11 is 0. The second-order valence-electron chi connectivity index (χ2n) is 3.20. The fourth-order valence-electron chi connectivity index (χ4n) is 0.852. The smallest absolute Gasteiger partial charge is 0.340 e. The van der Waals surface area contributed by atoms with Gasteiger partial charge in [-0.3, -0.25) is 9.59 Å². The molecule has 0 atom stereocenters. The molecule has 0 fully saturated rings. The Morgan fingerprint density at radius 1 is 1.12 bits per heavy atom. The lowest BCUT2D eigenvalue weighted by atomic mass is 10.2. The van der Waals surface area contributed by atoms with Gasteiger partial charge < -0.3 is 9.47 Å². The minimum atomic E-state index is -0.735. The second kappa shape index (κ2) is 7.62. The third kappa shape index (κ3) is 6.75. The van der Waals surface area contributed by atoms with Crippen molar-refractivity contribution in [1.29, 1.82) is 0 Å². The zero-order chi connectivity index (χ0) is 12.6. The van der Waals surface area contributed by atoms with Gasteiger partial charge in [0.2, 0.25) is 0 Å². The molecule has 0 amide bonds. The van der Waals surface area contributed by atoms with Crippen molar-refractivity contribution >= 4 is 17.9 Å². The molecular weight excluding hydrogens is 212 g/mol. The molecule has 5 heteroatoms. The first-order chi connectivity index (χ1) is 7.47. The van der Waals surface area contributed by atoms with E-state index in [0.29, 0.717) is 13.0 Å². The molecule has 16 heavy (non-hydrogen) atoms. The summed E-state index contributed by atoms with van der Waals surface area (Å²) in [4.78, 5) is 32.9. The van der Waals surface area contributed by atoms with E-state index in [-0.39, 0.29) is 24.4 Å². The van der Waals surface area contributed by atoms with Crippen LogP contribution in [-0.4, -0.2) is 24.5 Å². The summed E-state index contributed by atoms with van der Waals surface area (Å²) in [7, 11) is 0. The molecule has 0 spiro atoms. The van der Waals surface area contributed by atoms with Crippen LogP contribution in [0.25, 0.3) is 0 Å². The summed E-state index contributed by atoms with van der Waals surface area (Å²) in [5.74, 6) is -1.75. The SMILES string of the molecule is C=C(C)C(=O)OC(=O)CCCC(=O)OCC. The lowest BCUT2D eigenvalue weighted by Gasteiger charge is -2.02. The molecule has 0 saturated heterocycles. The van der Waals surface area contributed by atoms with Crippen LogP contribution < -0.4 is 0 Å². The van der Waals surface area contributed by atoms with E-state index >= 15 is 0 Å². The lowest BCUT2D eigenvalue weighted by Crippen LogP contribution is -2.13. The van der Waals surface area contributed by atoms with Crippen LogP contribution in [0.15, 0.2) is 12.2 Å². The van der Waals surface area contributed by atoms with E-state index in [1.807, 2.05) is 0 Å². The average molecular weight is 228 g/mol. The van der Waals surface area contributed by atoms with Gasteiger partial charge in [-0.15, -0.1) is 0 Å². The normalized spacial score (nSPS) is 9.38. The Bertz CT molecular complexity index is 293. The maximum Gasteiger partial charge on any atom is 0.340 e. The zero-order valence-electron chi connectivity index (χ0n) is 9.58. The standard InChI is InChI=1S/C11H16O5/c1-4-15-9(12)6-5-7-10(13)16-11(14)8(2)3/h2,4-7H2,1,3H3. The Morgan fingerprint density at radius 3 is 2.19 bits per heavy atom. The van der Waals surface area contributed by atoms with Gasteiger partial charge in [0, 0.05) is 18.4 Å². The van der Waals surface area contributed by atoms with Crippen molar-refractivity contribution in [1.82, 2.24) is 0 Å². The van der Waals surface area contributed by atoms with Crippen LogP contribution in [0.1, 0.15) is 33.1 Å². The first kappa shape index (κ1) is 14.3. The number of hydrogen-bond acceptors (Lipinski definition) is 5. The minimum Gasteiger partial charge on any atom is -0.466 e. The zero-order valence-corrected chi connectivity index (χ0v) is 9.58. The highest BCUT2D eigenvalue weighted by Crippen LogP contribution is 2.01. The summed E-state index contributed by atoms with van der Waals surface area (Å²) < 4.78 is 9.09. The highest BCUT2D eigenvalue weighted by atomic mass is 16.6. The van der Waals surface area contributed by atoms with Gasteiger partial charge in [0.25, 0.3) is 0 Å². The molecule has 0 aliphatic heterocycles. The van der Waals surface area contributed by atoms with Crippen molar-refractivity contribution < 1.29 is 23.9 Å². The van der Waals surface area contributed by atoms with Crippen LogP contribution in [0.3, 0.4) is 0 Å². The minimum absolute atomic E-state index is 0.0117. The molecule has 0 aliphatic carbocycles. The third-order valence-electron chi connectivity index (χ3n) is 1.62. The Kier molecular flexibility index (Phi) is 6.83. The quantitative estimate of drug-likeness (QED) is 0.390. The van der Waals surface area contributed by atoms with Crippen molar-refractivity contribution in [2.75, 3.05) is 6.61 Å². The predicted molar refractivity (Wildman–Crippen MR) is 56.4 cm³/mol. The van der Waals surface area contributed by atoms with E-state index in [1.54, 1.807) is 6.92 Å². The van der Waals surface area contributed by atoms with E-state index in [1.165, 1.54) is 6.92 Å². The number of ether oxygens (including phenoxy) is 2. The summed E-state index contributed by atoms with van der Waals surface area (Å²) in [6.45, 7) is 6.82. The molecular formula is C11H16O5. The van der Waals surface area contributed by atoms with Crippen LogP contribution in [-0.2, 0) is 23.9 Å². The van der Waals surface area contributed by atoms with Crippen molar-refractivity contribution in [3.63, 3.8) is 0 Å². The van der Waals surface area contributed by atoms with Gasteiger partial charge in [-0.2, -0.15) is 0 Å². The van der Waals surface area contributed by atoms with Crippen molar-refractivity contribution in [3.8, 4) is 0 Å². The van der Waals surface area contributed by atoms with Crippen LogP contribution in [0, 0.1) is 0 Å². The average Bonchev–Trinajstić information content (AvgIpc) is 2.17. The topological polar surface area (TPSA) is 69.7 Å². The summed E-state index contributed by atoms with van der Waals surface area (Å²) in [6.07, 6.45) is 0.461. The molecule has 0 saturated carbocycles. The molecule has 0 aromatic rings. The van der Waals surface area contributed by atoms with E-state index in [0.717, 1.165) is 0 Å². The van der Waals surface area contributed by atoms with Crippen molar-refractivity contribution in [2.45, 2.75) is 33.1 Å². The van der Waals surface area contributed by atoms with Crippen LogP contribution in [0.4, 0.5) is 0 Å². The molecule has 0 aromatic carbocycles. The molecule has 5 nitrogen and oxygen atoms in total. The molecule has 0 heterocycles. The van der Waals surface area contributed by atoms with Crippen LogP contribution in [0.5, 0.6) is 0 Å². The Labute approximate surface area is 94.4 Å². The van der Waals surface area contributed by atoms with Gasteiger partial charge in [0.1, 0.15) is 0 Å². The van der Waals surface area contributed by atoms with E-state index < -0.39 is 11.9 Å². The van der Waals surface area contributed by atoms with Crippen LogP contribution >= 0.6 is 0 Å². The number of carbonyl (C=O) groups is 3. The molecule has 0 aromatic heterocycles. The van der Waals surface area contributed by atoms with E-state index in [2.05, 4.69) is 16.1 Å². The molecule has 0 aliphatic rings. The van der Waals surface area contributed by atoms with Gasteiger partial charge >= 0.3 is 17.9 Å². The van der Waals surface area contributed by atoms with Crippen molar-refractivity contribution in [2.24, 2.45) is 0 Å². The van der Waals surface area contributed by atoms with Gasteiger partial charge in [-0.05, 0) is 20.3 Å². The number of esters is 3. The van der Waals surface area contributed by atoms with Crippen LogP contribution in [0.2, 0.25) is 0 Å². The number of rotatable bonds is 6. The van der Waals surface area contributed by atoms with Gasteiger partial charge in [0.15, 0.2) is 0 Å². The summed E-state index contributed by atoms with van der Waals surface area (Å²) in [6, 6.07) is 0. The third-order valence-corrected chi connectivity index (χ3v) is 1.62. The Hall–Kier alpha value is -1.65. The largest absolute Gasteiger partial charge is 0.466 e. The highest BCUT2D eigenvalue weighted by molar-refractivity contribution is 5.95. The van der Waals surface area contributed by atoms with E-state index in [4.69, 9.17) is 0 Å². The molecule has 0 unspecified atom stereocenters. The molecule has 0 radical (unpaired) electrons. The Morgan fingerprint density at radius 2 is 1.69 bits per heavy atom. The monoisotopic (exact) mass is 228 g/mol. The fraction of sp³-hybridized carbons (Fsp3) is 0.545. The summed E-state index contributed by atoms with van der Waals surface area (Å²) in [5.41, 5.74) is 0.166. The van der Waals surface area contributed by atoms with Gasteiger partial charge in [-0.1, -0.05) is 6.58 Å². The summed E-state index contributed by atoms with van der Waals surface area (Å²) in [5, 5.41) is 0. The maximum absolute atomic E-state index is 11.1. The molecule has 90 valence electrons. The second-order valence-corrected chi connectivity index (χ2v) is 3.20. The number of carbonyl (C=O) groups excluding carboxylic acids is 3. The molecule has 0 bridgehead atoms. The molecule has 0 rings (SSSR count).